The van der Waals surface area contributed by atoms with Crippen LogP contribution < -0.4 is 10.2 Å². The zero-order chi connectivity index (χ0) is 15.1. The summed E-state index contributed by atoms with van der Waals surface area (Å²) in [6, 6.07) is 4.05. The number of nitrogens with zero attached hydrogens (tertiary/aromatic N) is 2. The Kier molecular flexibility index (Phi) is 3.01. The molecule has 1 aromatic rings. The molecule has 2 rings (SSSR count). The number of carbonyl (C=O) groups excluding carboxylic acids is 3. The molecule has 1 N–H and O–H groups in total. The first-order chi connectivity index (χ1) is 9.25. The van der Waals surface area contributed by atoms with Crippen molar-refractivity contribution in [1.29, 1.82) is 0 Å². The maximum Gasteiger partial charge on any atom is 0.335 e. The highest BCUT2D eigenvalue weighted by atomic mass is 16.6. The van der Waals surface area contributed by atoms with Gasteiger partial charge in [0.1, 0.15) is 5.41 Å². The number of non-ortho nitro benzene ring substituents is 1. The molecule has 104 valence electrons. The van der Waals surface area contributed by atoms with Crippen molar-refractivity contribution in [2.75, 3.05) is 4.90 Å². The summed E-state index contributed by atoms with van der Waals surface area (Å²) < 4.78 is 0. The summed E-state index contributed by atoms with van der Waals surface area (Å²) in [6.45, 7) is 2.80. The molecule has 0 aromatic heterocycles. The third-order valence-corrected chi connectivity index (χ3v) is 3.05. The predicted octanol–water partition coefficient (Wildman–Crippen LogP) is 1.20. The minimum atomic E-state index is -1.38. The van der Waals surface area contributed by atoms with E-state index in [0.29, 0.717) is 0 Å². The molecule has 0 aliphatic carbocycles. The smallest absolute Gasteiger partial charge is 0.276 e. The lowest BCUT2D eigenvalue weighted by atomic mass is 9.88. The molecule has 0 saturated carbocycles. The number of carbonyl (C=O) groups is 3. The fourth-order valence-electron chi connectivity index (χ4n) is 1.74. The van der Waals surface area contributed by atoms with Crippen molar-refractivity contribution < 1.29 is 19.3 Å². The van der Waals surface area contributed by atoms with Crippen molar-refractivity contribution in [2.45, 2.75) is 13.8 Å². The highest BCUT2D eigenvalue weighted by molar-refractivity contribution is 6.29. The second-order valence-corrected chi connectivity index (χ2v) is 4.80. The molecule has 0 radical (unpaired) electrons. The van der Waals surface area contributed by atoms with Crippen molar-refractivity contribution in [2.24, 2.45) is 5.41 Å². The largest absolute Gasteiger partial charge is 0.335 e. The zero-order valence-electron chi connectivity index (χ0n) is 10.7. The lowest BCUT2D eigenvalue weighted by Crippen LogP contribution is -2.62. The second-order valence-electron chi connectivity index (χ2n) is 4.80. The molecule has 1 heterocycles. The number of nitro groups is 1. The van der Waals surface area contributed by atoms with E-state index < -0.39 is 28.2 Å². The SMILES string of the molecule is CC1(C)C(=O)NC(=O)N(c2ccc([N+](=O)[O-])cc2)C1=O. The van der Waals surface area contributed by atoms with Gasteiger partial charge >= 0.3 is 6.03 Å². The van der Waals surface area contributed by atoms with E-state index in [4.69, 9.17) is 0 Å². The van der Waals surface area contributed by atoms with E-state index >= 15 is 0 Å². The van der Waals surface area contributed by atoms with Crippen LogP contribution in [0.15, 0.2) is 24.3 Å². The summed E-state index contributed by atoms with van der Waals surface area (Å²) >= 11 is 0. The van der Waals surface area contributed by atoms with Crippen molar-refractivity contribution in [3.63, 3.8) is 0 Å². The van der Waals surface area contributed by atoms with E-state index in [1.54, 1.807) is 0 Å². The summed E-state index contributed by atoms with van der Waals surface area (Å²) in [7, 11) is 0. The quantitative estimate of drug-likeness (QED) is 0.496. The molecule has 20 heavy (non-hydrogen) atoms. The van der Waals surface area contributed by atoms with Crippen molar-refractivity contribution >= 4 is 29.2 Å². The number of anilines is 1. The molecule has 8 heteroatoms. The van der Waals surface area contributed by atoms with Crippen molar-refractivity contribution in [3.05, 3.63) is 34.4 Å². The van der Waals surface area contributed by atoms with Crippen LogP contribution in [-0.2, 0) is 9.59 Å². The predicted molar refractivity (Wildman–Crippen MR) is 67.9 cm³/mol. The first-order valence-corrected chi connectivity index (χ1v) is 5.69. The van der Waals surface area contributed by atoms with Gasteiger partial charge in [-0.15, -0.1) is 0 Å². The summed E-state index contributed by atoms with van der Waals surface area (Å²) in [5.41, 5.74) is -1.37. The third-order valence-electron chi connectivity index (χ3n) is 3.05. The fourth-order valence-corrected chi connectivity index (χ4v) is 1.74. The maximum absolute atomic E-state index is 12.2. The number of imide groups is 2. The summed E-state index contributed by atoms with van der Waals surface area (Å²) in [5, 5.41) is 12.6. The van der Waals surface area contributed by atoms with Gasteiger partial charge in [-0.25, -0.2) is 9.69 Å². The number of benzene rings is 1. The van der Waals surface area contributed by atoms with E-state index in [2.05, 4.69) is 5.32 Å². The monoisotopic (exact) mass is 277 g/mol. The molecule has 1 saturated heterocycles. The standard InChI is InChI=1S/C12H11N3O5/c1-12(2)9(16)13-11(18)14(10(12)17)7-3-5-8(6-4-7)15(19)20/h3-6H,1-2H3,(H,13,16,18). The van der Waals surface area contributed by atoms with Crippen LogP contribution in [0.1, 0.15) is 13.8 Å². The summed E-state index contributed by atoms with van der Waals surface area (Å²) in [4.78, 5) is 46.3. The average Bonchev–Trinajstić information content (AvgIpc) is 2.37. The number of urea groups is 1. The molecule has 1 aromatic carbocycles. The van der Waals surface area contributed by atoms with E-state index in [-0.39, 0.29) is 11.4 Å². The Morgan fingerprint density at radius 1 is 1.15 bits per heavy atom. The van der Waals surface area contributed by atoms with Gasteiger partial charge in [-0.05, 0) is 26.0 Å². The highest BCUT2D eigenvalue weighted by Gasteiger charge is 2.47. The molecule has 1 fully saturated rings. The number of hydrogen-bond donors (Lipinski definition) is 1. The fraction of sp³-hybridized carbons (Fsp3) is 0.250. The van der Waals surface area contributed by atoms with Gasteiger partial charge in [0.2, 0.25) is 11.8 Å². The summed E-state index contributed by atoms with van der Waals surface area (Å²) in [5.74, 6) is -1.36. The number of barbiturate groups is 1. The van der Waals surface area contributed by atoms with Crippen molar-refractivity contribution in [1.82, 2.24) is 5.32 Å². The van der Waals surface area contributed by atoms with Crippen LogP contribution in [0, 0.1) is 15.5 Å². The number of amides is 4. The van der Waals surface area contributed by atoms with Crippen LogP contribution in [0.25, 0.3) is 0 Å². The topological polar surface area (TPSA) is 110 Å². The van der Waals surface area contributed by atoms with Crippen molar-refractivity contribution in [3.8, 4) is 0 Å². The minimum absolute atomic E-state index is 0.158. The van der Waals surface area contributed by atoms with Crippen LogP contribution in [0.4, 0.5) is 16.2 Å². The highest BCUT2D eigenvalue weighted by Crippen LogP contribution is 2.28. The Balaban J connectivity index is 2.40. The lowest BCUT2D eigenvalue weighted by molar-refractivity contribution is -0.384. The number of nitro benzene ring substituents is 1. The third kappa shape index (κ3) is 2.00. The van der Waals surface area contributed by atoms with Crippen LogP contribution in [0.5, 0.6) is 0 Å². The number of rotatable bonds is 2. The van der Waals surface area contributed by atoms with E-state index in [1.165, 1.54) is 38.1 Å². The van der Waals surface area contributed by atoms with Gasteiger partial charge in [0, 0.05) is 12.1 Å². The lowest BCUT2D eigenvalue weighted by Gasteiger charge is -2.34. The Morgan fingerprint density at radius 2 is 1.70 bits per heavy atom. The van der Waals surface area contributed by atoms with Crippen LogP contribution in [0.3, 0.4) is 0 Å². The Hall–Kier alpha value is -2.77. The van der Waals surface area contributed by atoms with Gasteiger partial charge in [-0.1, -0.05) is 0 Å². The van der Waals surface area contributed by atoms with Gasteiger partial charge in [-0.2, -0.15) is 0 Å². The number of nitrogens with one attached hydrogen (secondary N) is 1. The zero-order valence-corrected chi connectivity index (χ0v) is 10.7. The van der Waals surface area contributed by atoms with Gasteiger partial charge in [0.15, 0.2) is 0 Å². The molecule has 0 spiro atoms. The molecule has 0 atom stereocenters. The second kappa shape index (κ2) is 4.41. The molecule has 0 bridgehead atoms. The van der Waals surface area contributed by atoms with Crippen LogP contribution in [0.2, 0.25) is 0 Å². The van der Waals surface area contributed by atoms with Gasteiger partial charge < -0.3 is 0 Å². The Bertz CT molecular complexity index is 620. The molecular formula is C12H11N3O5. The summed E-state index contributed by atoms with van der Waals surface area (Å²) in [6.07, 6.45) is 0. The first kappa shape index (κ1) is 13.7. The molecule has 1 aliphatic rings. The Morgan fingerprint density at radius 3 is 2.20 bits per heavy atom. The van der Waals surface area contributed by atoms with Gasteiger partial charge in [0.25, 0.3) is 5.69 Å². The van der Waals surface area contributed by atoms with E-state index in [0.717, 1.165) is 4.90 Å². The van der Waals surface area contributed by atoms with Crippen LogP contribution >= 0.6 is 0 Å². The minimum Gasteiger partial charge on any atom is -0.276 e. The van der Waals surface area contributed by atoms with E-state index in [1.807, 2.05) is 0 Å². The normalized spacial score (nSPS) is 17.9. The molecule has 1 aliphatic heterocycles. The van der Waals surface area contributed by atoms with E-state index in [9.17, 15) is 24.5 Å². The van der Waals surface area contributed by atoms with Gasteiger partial charge in [-0.3, -0.25) is 25.0 Å². The molecule has 0 unspecified atom stereocenters. The Labute approximate surface area is 113 Å². The molecular weight excluding hydrogens is 266 g/mol. The van der Waals surface area contributed by atoms with Gasteiger partial charge in [0.05, 0.1) is 10.6 Å². The number of hydrogen-bond acceptors (Lipinski definition) is 5. The first-order valence-electron chi connectivity index (χ1n) is 5.69. The average molecular weight is 277 g/mol. The molecule has 8 nitrogen and oxygen atoms in total. The maximum atomic E-state index is 12.2. The van der Waals surface area contributed by atoms with Crippen LogP contribution in [-0.4, -0.2) is 22.8 Å². The molecule has 4 amide bonds.